The molecule has 0 spiro atoms. The molecule has 1 aliphatic rings. The summed E-state index contributed by atoms with van der Waals surface area (Å²) >= 11 is 0. The minimum absolute atomic E-state index is 0.0563. The molecule has 1 aromatic carbocycles. The second kappa shape index (κ2) is 4.53. The minimum Gasteiger partial charge on any atom is -0.497 e. The fourth-order valence-corrected chi connectivity index (χ4v) is 2.99. The number of methoxy groups -OCH3 is 1. The average molecular weight is 262 g/mol. The van der Waals surface area contributed by atoms with Crippen LogP contribution < -0.4 is 10.2 Å². The van der Waals surface area contributed by atoms with Gasteiger partial charge in [-0.3, -0.25) is 0 Å². The van der Waals surface area contributed by atoms with Crippen LogP contribution in [0.5, 0.6) is 5.75 Å². The Morgan fingerprint density at radius 2 is 1.47 bits per heavy atom. The van der Waals surface area contributed by atoms with E-state index in [-0.39, 0.29) is 10.8 Å². The zero-order valence-electron chi connectivity index (χ0n) is 12.4. The maximum atomic E-state index is 9.51. The van der Waals surface area contributed by atoms with Crippen LogP contribution in [0, 0.1) is 0 Å². The Bertz CT molecular complexity index is 492. The van der Waals surface area contributed by atoms with Crippen LogP contribution in [0.25, 0.3) is 0 Å². The zero-order valence-corrected chi connectivity index (χ0v) is 12.4. The predicted molar refractivity (Wildman–Crippen MR) is 78.1 cm³/mol. The monoisotopic (exact) mass is 262 g/mol. The summed E-state index contributed by atoms with van der Waals surface area (Å²) in [5.41, 5.74) is 3.06. The molecule has 0 bridgehead atoms. The lowest BCUT2D eigenvalue weighted by molar-refractivity contribution is 0.328. The summed E-state index contributed by atoms with van der Waals surface area (Å²) in [7, 11) is 0.0651. The molecular weight excluding hydrogens is 239 g/mol. The van der Waals surface area contributed by atoms with E-state index in [4.69, 9.17) is 4.74 Å². The molecule has 104 valence electrons. The van der Waals surface area contributed by atoms with Crippen LogP contribution in [-0.2, 0) is 10.8 Å². The maximum Gasteiger partial charge on any atom is 0.492 e. The van der Waals surface area contributed by atoms with Crippen molar-refractivity contribution in [2.45, 2.75) is 51.4 Å². The molecule has 0 fully saturated rings. The quantitative estimate of drug-likeness (QED) is 0.798. The lowest BCUT2D eigenvalue weighted by Gasteiger charge is -2.42. The van der Waals surface area contributed by atoms with Crippen molar-refractivity contribution in [1.82, 2.24) is 0 Å². The summed E-state index contributed by atoms with van der Waals surface area (Å²) in [5, 5.41) is 19.0. The summed E-state index contributed by atoms with van der Waals surface area (Å²) in [5.74, 6) is 0.555. The van der Waals surface area contributed by atoms with Gasteiger partial charge in [-0.2, -0.15) is 0 Å². The molecule has 1 aliphatic carbocycles. The van der Waals surface area contributed by atoms with Crippen LogP contribution in [0.1, 0.15) is 51.7 Å². The second-order valence-corrected chi connectivity index (χ2v) is 6.78. The van der Waals surface area contributed by atoms with Gasteiger partial charge in [-0.25, -0.2) is 0 Å². The largest absolute Gasteiger partial charge is 0.497 e. The van der Waals surface area contributed by atoms with Gasteiger partial charge < -0.3 is 14.8 Å². The molecule has 2 rings (SSSR count). The van der Waals surface area contributed by atoms with Crippen molar-refractivity contribution in [3.05, 3.63) is 23.3 Å². The van der Waals surface area contributed by atoms with E-state index in [2.05, 4.69) is 27.7 Å². The molecular formula is C15H23BO3. The van der Waals surface area contributed by atoms with E-state index in [9.17, 15) is 10.0 Å². The summed E-state index contributed by atoms with van der Waals surface area (Å²) in [6.07, 6.45) is 2.22. The first-order valence-electron chi connectivity index (χ1n) is 6.78. The number of rotatable bonds is 2. The van der Waals surface area contributed by atoms with E-state index >= 15 is 0 Å². The van der Waals surface area contributed by atoms with Gasteiger partial charge in [0.1, 0.15) is 5.75 Å². The molecule has 0 aliphatic heterocycles. The molecule has 0 saturated carbocycles. The van der Waals surface area contributed by atoms with Gasteiger partial charge in [0.2, 0.25) is 0 Å². The zero-order chi connectivity index (χ0) is 14.4. The molecule has 19 heavy (non-hydrogen) atoms. The first-order chi connectivity index (χ1) is 8.69. The van der Waals surface area contributed by atoms with Crippen LogP contribution in [0.15, 0.2) is 12.1 Å². The number of hydrogen-bond acceptors (Lipinski definition) is 3. The summed E-state index contributed by atoms with van der Waals surface area (Å²) in [4.78, 5) is 0. The van der Waals surface area contributed by atoms with Crippen LogP contribution in [0.4, 0.5) is 0 Å². The van der Waals surface area contributed by atoms with E-state index < -0.39 is 7.12 Å². The highest BCUT2D eigenvalue weighted by molar-refractivity contribution is 6.59. The van der Waals surface area contributed by atoms with Crippen molar-refractivity contribution in [2.75, 3.05) is 7.11 Å². The number of benzene rings is 1. The predicted octanol–water partition coefficient (Wildman–Crippen LogP) is 1.72. The topological polar surface area (TPSA) is 49.7 Å². The van der Waals surface area contributed by atoms with Crippen molar-refractivity contribution >= 4 is 12.6 Å². The minimum atomic E-state index is -1.50. The fraction of sp³-hybridized carbons (Fsp3) is 0.600. The molecule has 0 amide bonds. The first-order valence-corrected chi connectivity index (χ1v) is 6.78. The number of ether oxygens (including phenoxy) is 1. The third kappa shape index (κ3) is 2.39. The Labute approximate surface area is 115 Å². The molecule has 2 N–H and O–H groups in total. The standard InChI is InChI=1S/C15H23BO3/c1-14(2)6-7-15(3,4)11-9-13(19-5)12(16(17)18)8-10(11)14/h8-9,17-18H,6-7H2,1-5H3. The van der Waals surface area contributed by atoms with Crippen LogP contribution in [0.2, 0.25) is 0 Å². The van der Waals surface area contributed by atoms with Gasteiger partial charge in [-0.15, -0.1) is 0 Å². The van der Waals surface area contributed by atoms with E-state index in [1.165, 1.54) is 11.1 Å². The van der Waals surface area contributed by atoms with Gasteiger partial charge in [-0.05, 0) is 40.9 Å². The van der Waals surface area contributed by atoms with Crippen molar-refractivity contribution in [3.8, 4) is 5.75 Å². The normalized spacial score (nSPS) is 19.7. The van der Waals surface area contributed by atoms with Gasteiger partial charge in [0.25, 0.3) is 0 Å². The Kier molecular flexibility index (Phi) is 3.44. The van der Waals surface area contributed by atoms with Crippen molar-refractivity contribution in [3.63, 3.8) is 0 Å². The Morgan fingerprint density at radius 3 is 1.89 bits per heavy atom. The average Bonchev–Trinajstić information content (AvgIpc) is 2.33. The molecule has 0 saturated heterocycles. The molecule has 0 atom stereocenters. The lowest BCUT2D eigenvalue weighted by Crippen LogP contribution is -2.38. The van der Waals surface area contributed by atoms with Gasteiger partial charge >= 0.3 is 7.12 Å². The second-order valence-electron chi connectivity index (χ2n) is 6.78. The van der Waals surface area contributed by atoms with E-state index in [1.807, 2.05) is 12.1 Å². The van der Waals surface area contributed by atoms with Crippen molar-refractivity contribution < 1.29 is 14.8 Å². The van der Waals surface area contributed by atoms with Crippen molar-refractivity contribution in [1.29, 1.82) is 0 Å². The molecule has 0 heterocycles. The van der Waals surface area contributed by atoms with Crippen LogP contribution in [0.3, 0.4) is 0 Å². The summed E-state index contributed by atoms with van der Waals surface area (Å²) in [6, 6.07) is 3.88. The van der Waals surface area contributed by atoms with Gasteiger partial charge in [-0.1, -0.05) is 33.8 Å². The van der Waals surface area contributed by atoms with Crippen LogP contribution in [-0.4, -0.2) is 24.3 Å². The fourth-order valence-electron chi connectivity index (χ4n) is 2.99. The third-order valence-electron chi connectivity index (χ3n) is 4.48. The number of fused-ring (bicyclic) bond motifs is 1. The van der Waals surface area contributed by atoms with Crippen molar-refractivity contribution in [2.24, 2.45) is 0 Å². The molecule has 3 nitrogen and oxygen atoms in total. The van der Waals surface area contributed by atoms with E-state index in [0.717, 1.165) is 12.8 Å². The summed E-state index contributed by atoms with van der Waals surface area (Å²) < 4.78 is 5.31. The van der Waals surface area contributed by atoms with Gasteiger partial charge in [0.15, 0.2) is 0 Å². The molecule has 0 radical (unpaired) electrons. The van der Waals surface area contributed by atoms with Crippen LogP contribution >= 0.6 is 0 Å². The lowest BCUT2D eigenvalue weighted by atomic mass is 9.61. The Balaban J connectivity index is 2.70. The molecule has 0 unspecified atom stereocenters. The molecule has 4 heteroatoms. The third-order valence-corrected chi connectivity index (χ3v) is 4.48. The van der Waals surface area contributed by atoms with E-state index in [1.54, 1.807) is 7.11 Å². The first kappa shape index (κ1) is 14.4. The Hall–Kier alpha value is -0.995. The maximum absolute atomic E-state index is 9.51. The summed E-state index contributed by atoms with van der Waals surface area (Å²) in [6.45, 7) is 8.88. The Morgan fingerprint density at radius 1 is 1.00 bits per heavy atom. The van der Waals surface area contributed by atoms with Gasteiger partial charge in [0, 0.05) is 5.46 Å². The van der Waals surface area contributed by atoms with E-state index in [0.29, 0.717) is 11.2 Å². The molecule has 0 aromatic heterocycles. The smallest absolute Gasteiger partial charge is 0.492 e. The highest BCUT2D eigenvalue weighted by Crippen LogP contribution is 2.46. The highest BCUT2D eigenvalue weighted by Gasteiger charge is 2.38. The van der Waals surface area contributed by atoms with Gasteiger partial charge in [0.05, 0.1) is 7.11 Å². The molecule has 1 aromatic rings. The number of hydrogen-bond donors (Lipinski definition) is 2. The highest BCUT2D eigenvalue weighted by atomic mass is 16.5. The SMILES string of the molecule is COc1cc2c(cc1B(O)O)C(C)(C)CCC2(C)C.